The van der Waals surface area contributed by atoms with Crippen LogP contribution in [0.2, 0.25) is 0 Å². The Morgan fingerprint density at radius 3 is 2.62 bits per heavy atom. The predicted molar refractivity (Wildman–Crippen MR) is 62.0 cm³/mol. The van der Waals surface area contributed by atoms with Crippen LogP contribution < -0.4 is 5.73 Å². The molecule has 0 radical (unpaired) electrons. The number of phenolic OH excluding ortho intramolecular Hbond substituents is 1. The van der Waals surface area contributed by atoms with E-state index in [2.05, 4.69) is 0 Å². The third kappa shape index (κ3) is 2.05. The van der Waals surface area contributed by atoms with Crippen LogP contribution in [0, 0.1) is 19.7 Å². The zero-order valence-electron chi connectivity index (χ0n) is 9.81. The lowest BCUT2D eigenvalue weighted by molar-refractivity contribution is 0.424. The van der Waals surface area contributed by atoms with Crippen molar-refractivity contribution in [2.75, 3.05) is 0 Å². The highest BCUT2D eigenvalue weighted by molar-refractivity contribution is 5.43. The van der Waals surface area contributed by atoms with Gasteiger partial charge in [-0.3, -0.25) is 0 Å². The van der Waals surface area contributed by atoms with Crippen LogP contribution in [-0.4, -0.2) is 10.6 Å². The number of benzene rings is 1. The summed E-state index contributed by atoms with van der Waals surface area (Å²) in [5, 5.41) is 9.61. The van der Waals surface area contributed by atoms with Gasteiger partial charge in [-0.1, -0.05) is 6.07 Å². The molecule has 1 aromatic rings. The Hall–Kier alpha value is -1.09. The number of nitrogens with two attached hydrogens (primary N) is 1. The fraction of sp³-hybridized carbons (Fsp3) is 0.538. The molecule has 3 N–H and O–H groups in total. The van der Waals surface area contributed by atoms with Crippen molar-refractivity contribution in [1.29, 1.82) is 0 Å². The Morgan fingerprint density at radius 1 is 1.44 bits per heavy atom. The molecule has 2 rings (SSSR count). The topological polar surface area (TPSA) is 46.2 Å². The van der Waals surface area contributed by atoms with Gasteiger partial charge in [-0.2, -0.15) is 0 Å². The van der Waals surface area contributed by atoms with Gasteiger partial charge in [0.2, 0.25) is 0 Å². The lowest BCUT2D eigenvalue weighted by atomic mass is 9.97. The average Bonchev–Trinajstić information content (AvgIpc) is 2.98. The minimum absolute atomic E-state index is 0.00432. The van der Waals surface area contributed by atoms with Crippen molar-refractivity contribution < 1.29 is 9.50 Å². The standard InChI is InChI=1S/C13H18FNO/c1-8-7-10(3-4-13(15)5-6-13)9(2)12(16)11(8)14/h7,16H,3-6,15H2,1-2H3. The molecule has 0 amide bonds. The van der Waals surface area contributed by atoms with E-state index >= 15 is 0 Å². The molecule has 0 saturated heterocycles. The normalized spacial score (nSPS) is 17.5. The monoisotopic (exact) mass is 223 g/mol. The van der Waals surface area contributed by atoms with Crippen molar-refractivity contribution in [3.63, 3.8) is 0 Å². The molecule has 1 fully saturated rings. The first kappa shape index (κ1) is 11.4. The first-order valence-electron chi connectivity index (χ1n) is 5.69. The quantitative estimate of drug-likeness (QED) is 0.827. The van der Waals surface area contributed by atoms with E-state index in [9.17, 15) is 9.50 Å². The number of aromatic hydroxyl groups is 1. The van der Waals surface area contributed by atoms with Crippen molar-refractivity contribution in [2.24, 2.45) is 5.73 Å². The van der Waals surface area contributed by atoms with Crippen molar-refractivity contribution in [1.82, 2.24) is 0 Å². The van der Waals surface area contributed by atoms with Crippen LogP contribution in [0.5, 0.6) is 5.75 Å². The molecule has 0 atom stereocenters. The molecule has 88 valence electrons. The van der Waals surface area contributed by atoms with Crippen molar-refractivity contribution >= 4 is 0 Å². The summed E-state index contributed by atoms with van der Waals surface area (Å²) >= 11 is 0. The average molecular weight is 223 g/mol. The molecule has 1 saturated carbocycles. The Labute approximate surface area is 95.3 Å². The smallest absolute Gasteiger partial charge is 0.167 e. The molecule has 16 heavy (non-hydrogen) atoms. The summed E-state index contributed by atoms with van der Waals surface area (Å²) in [4.78, 5) is 0. The van der Waals surface area contributed by atoms with E-state index < -0.39 is 5.82 Å². The van der Waals surface area contributed by atoms with E-state index in [4.69, 9.17) is 5.73 Å². The van der Waals surface area contributed by atoms with Gasteiger partial charge < -0.3 is 10.8 Å². The van der Waals surface area contributed by atoms with Crippen molar-refractivity contribution in [3.8, 4) is 5.75 Å². The fourth-order valence-corrected chi connectivity index (χ4v) is 1.99. The summed E-state index contributed by atoms with van der Waals surface area (Å²) in [6.45, 7) is 3.43. The van der Waals surface area contributed by atoms with Gasteiger partial charge in [0.25, 0.3) is 0 Å². The van der Waals surface area contributed by atoms with Gasteiger partial charge in [-0.15, -0.1) is 0 Å². The lowest BCUT2D eigenvalue weighted by Crippen LogP contribution is -2.22. The van der Waals surface area contributed by atoms with Gasteiger partial charge >= 0.3 is 0 Å². The van der Waals surface area contributed by atoms with Crippen LogP contribution >= 0.6 is 0 Å². The molecule has 0 aliphatic heterocycles. The maximum absolute atomic E-state index is 13.4. The van der Waals surface area contributed by atoms with Gasteiger partial charge in [0.1, 0.15) is 0 Å². The SMILES string of the molecule is Cc1cc(CCC2(N)CC2)c(C)c(O)c1F. The zero-order chi connectivity index (χ0) is 11.9. The van der Waals surface area contributed by atoms with Gasteiger partial charge in [0.15, 0.2) is 11.6 Å². The van der Waals surface area contributed by atoms with Crippen LogP contribution in [0.3, 0.4) is 0 Å². The molecule has 0 heterocycles. The molecule has 0 bridgehead atoms. The van der Waals surface area contributed by atoms with Crippen LogP contribution in [0.1, 0.15) is 36.0 Å². The molecule has 0 aromatic heterocycles. The van der Waals surface area contributed by atoms with Gasteiger partial charge in [-0.05, 0) is 56.2 Å². The van der Waals surface area contributed by atoms with E-state index in [1.165, 1.54) is 0 Å². The fourth-order valence-electron chi connectivity index (χ4n) is 1.99. The van der Waals surface area contributed by atoms with Crippen LogP contribution in [-0.2, 0) is 6.42 Å². The number of phenols is 1. The van der Waals surface area contributed by atoms with Crippen LogP contribution in [0.4, 0.5) is 4.39 Å². The Morgan fingerprint density at radius 2 is 2.06 bits per heavy atom. The molecule has 1 aliphatic carbocycles. The molecule has 0 spiro atoms. The molecule has 1 aromatic carbocycles. The Kier molecular flexibility index (Phi) is 2.66. The Bertz CT molecular complexity index is 424. The van der Waals surface area contributed by atoms with E-state index in [1.807, 2.05) is 6.07 Å². The Balaban J connectivity index is 2.20. The highest BCUT2D eigenvalue weighted by Gasteiger charge is 2.37. The minimum Gasteiger partial charge on any atom is -0.505 e. The maximum atomic E-state index is 13.4. The second-order valence-corrected chi connectivity index (χ2v) is 5.00. The maximum Gasteiger partial charge on any atom is 0.167 e. The van der Waals surface area contributed by atoms with Gasteiger partial charge in [-0.25, -0.2) is 4.39 Å². The summed E-state index contributed by atoms with van der Waals surface area (Å²) in [7, 11) is 0. The number of aryl methyl sites for hydroxylation is 2. The lowest BCUT2D eigenvalue weighted by Gasteiger charge is -2.13. The predicted octanol–water partition coefficient (Wildman–Crippen LogP) is 2.57. The summed E-state index contributed by atoms with van der Waals surface area (Å²) in [5.41, 5.74) is 8.17. The van der Waals surface area contributed by atoms with E-state index in [-0.39, 0.29) is 11.3 Å². The third-order valence-electron chi connectivity index (χ3n) is 3.57. The number of rotatable bonds is 3. The minimum atomic E-state index is -0.505. The molecule has 2 nitrogen and oxygen atoms in total. The van der Waals surface area contributed by atoms with Crippen LogP contribution in [0.25, 0.3) is 0 Å². The summed E-state index contributed by atoms with van der Waals surface area (Å²) in [5.74, 6) is -0.716. The largest absolute Gasteiger partial charge is 0.505 e. The van der Waals surface area contributed by atoms with Gasteiger partial charge in [0, 0.05) is 5.54 Å². The van der Waals surface area contributed by atoms with Crippen molar-refractivity contribution in [2.45, 2.75) is 45.1 Å². The van der Waals surface area contributed by atoms with Gasteiger partial charge in [0.05, 0.1) is 0 Å². The molecule has 0 unspecified atom stereocenters. The number of hydrogen-bond donors (Lipinski definition) is 2. The first-order valence-corrected chi connectivity index (χ1v) is 5.69. The van der Waals surface area contributed by atoms with Crippen LogP contribution in [0.15, 0.2) is 6.07 Å². The molecule has 3 heteroatoms. The molecular formula is C13H18FNO. The second-order valence-electron chi connectivity index (χ2n) is 5.00. The summed E-state index contributed by atoms with van der Waals surface area (Å²) in [6, 6.07) is 1.82. The van der Waals surface area contributed by atoms with E-state index in [1.54, 1.807) is 13.8 Å². The number of hydrogen-bond acceptors (Lipinski definition) is 2. The molecular weight excluding hydrogens is 205 g/mol. The highest BCUT2D eigenvalue weighted by Crippen LogP contribution is 2.37. The highest BCUT2D eigenvalue weighted by atomic mass is 19.1. The van der Waals surface area contributed by atoms with E-state index in [0.29, 0.717) is 11.1 Å². The number of halogens is 1. The molecule has 1 aliphatic rings. The van der Waals surface area contributed by atoms with E-state index in [0.717, 1.165) is 31.2 Å². The second kappa shape index (κ2) is 3.74. The third-order valence-corrected chi connectivity index (χ3v) is 3.57. The first-order chi connectivity index (χ1) is 7.43. The summed E-state index contributed by atoms with van der Waals surface area (Å²) in [6.07, 6.45) is 3.89. The summed E-state index contributed by atoms with van der Waals surface area (Å²) < 4.78 is 13.4. The van der Waals surface area contributed by atoms with Crippen molar-refractivity contribution in [3.05, 3.63) is 28.6 Å². The zero-order valence-corrected chi connectivity index (χ0v) is 9.81.